The van der Waals surface area contributed by atoms with Crippen LogP contribution in [0.15, 0.2) is 22.7 Å². The van der Waals surface area contributed by atoms with E-state index in [1.54, 1.807) is 0 Å². The van der Waals surface area contributed by atoms with E-state index in [1.165, 1.54) is 0 Å². The Balaban J connectivity index is 2.60. The van der Waals surface area contributed by atoms with Gasteiger partial charge in [-0.2, -0.15) is 0 Å². The second kappa shape index (κ2) is 6.46. The molecule has 0 aliphatic rings. The van der Waals surface area contributed by atoms with Crippen molar-refractivity contribution in [1.29, 1.82) is 0 Å². The number of rotatable bonds is 5. The standard InChI is InChI=1S/C15H21BrClN3/c1-10(2)14(9-19(3)4)20-13-6-5-11(16)7-12(13)18-15(20)8-17/h5-7,10,14H,8-9H2,1-4H3. The Kier molecular flexibility index (Phi) is 5.10. The molecule has 1 aromatic heterocycles. The summed E-state index contributed by atoms with van der Waals surface area (Å²) >= 11 is 9.62. The lowest BCUT2D eigenvalue weighted by Gasteiger charge is -2.28. The molecule has 0 bridgehead atoms. The summed E-state index contributed by atoms with van der Waals surface area (Å²) in [6.45, 7) is 5.47. The number of aromatic nitrogens is 2. The van der Waals surface area contributed by atoms with Crippen molar-refractivity contribution in [2.24, 2.45) is 5.92 Å². The zero-order valence-corrected chi connectivity index (χ0v) is 14.7. The second-order valence-electron chi connectivity index (χ2n) is 5.74. The van der Waals surface area contributed by atoms with Crippen molar-refractivity contribution in [3.05, 3.63) is 28.5 Å². The number of fused-ring (bicyclic) bond motifs is 1. The number of alkyl halides is 1. The number of hydrogen-bond donors (Lipinski definition) is 0. The van der Waals surface area contributed by atoms with Gasteiger partial charge in [0.1, 0.15) is 5.82 Å². The molecule has 1 aromatic carbocycles. The molecule has 0 radical (unpaired) electrons. The Labute approximate surface area is 134 Å². The largest absolute Gasteiger partial charge is 0.322 e. The van der Waals surface area contributed by atoms with Crippen LogP contribution in [-0.4, -0.2) is 35.1 Å². The van der Waals surface area contributed by atoms with Gasteiger partial charge >= 0.3 is 0 Å². The minimum atomic E-state index is 0.366. The Morgan fingerprint density at radius 1 is 1.35 bits per heavy atom. The fourth-order valence-electron chi connectivity index (χ4n) is 2.55. The number of hydrogen-bond acceptors (Lipinski definition) is 2. The molecule has 5 heteroatoms. The molecule has 1 unspecified atom stereocenters. The van der Waals surface area contributed by atoms with Gasteiger partial charge in [0.25, 0.3) is 0 Å². The molecule has 2 rings (SSSR count). The van der Waals surface area contributed by atoms with E-state index in [4.69, 9.17) is 11.6 Å². The van der Waals surface area contributed by atoms with Gasteiger partial charge in [-0.15, -0.1) is 11.6 Å². The number of imidazole rings is 1. The molecule has 0 saturated carbocycles. The van der Waals surface area contributed by atoms with Crippen molar-refractivity contribution in [2.75, 3.05) is 20.6 Å². The van der Waals surface area contributed by atoms with Crippen LogP contribution in [0.1, 0.15) is 25.7 Å². The molecule has 1 atom stereocenters. The lowest BCUT2D eigenvalue weighted by atomic mass is 10.0. The van der Waals surface area contributed by atoms with Crippen molar-refractivity contribution in [1.82, 2.24) is 14.5 Å². The first kappa shape index (κ1) is 15.8. The zero-order valence-electron chi connectivity index (χ0n) is 12.4. The molecule has 110 valence electrons. The van der Waals surface area contributed by atoms with E-state index in [0.717, 1.165) is 27.9 Å². The highest BCUT2D eigenvalue weighted by molar-refractivity contribution is 9.10. The van der Waals surface area contributed by atoms with Gasteiger partial charge < -0.3 is 9.47 Å². The van der Waals surface area contributed by atoms with Crippen molar-refractivity contribution < 1.29 is 0 Å². The van der Waals surface area contributed by atoms with Crippen LogP contribution in [-0.2, 0) is 5.88 Å². The second-order valence-corrected chi connectivity index (χ2v) is 6.92. The number of halogens is 2. The van der Waals surface area contributed by atoms with Gasteiger partial charge in [-0.3, -0.25) is 0 Å². The fraction of sp³-hybridized carbons (Fsp3) is 0.533. The van der Waals surface area contributed by atoms with Gasteiger partial charge in [-0.05, 0) is 38.2 Å². The van der Waals surface area contributed by atoms with E-state index >= 15 is 0 Å². The van der Waals surface area contributed by atoms with Crippen LogP contribution in [0, 0.1) is 5.92 Å². The summed E-state index contributed by atoms with van der Waals surface area (Å²) in [7, 11) is 4.21. The van der Waals surface area contributed by atoms with Crippen LogP contribution in [0.3, 0.4) is 0 Å². The maximum atomic E-state index is 6.12. The van der Waals surface area contributed by atoms with Crippen LogP contribution in [0.4, 0.5) is 0 Å². The molecule has 3 nitrogen and oxygen atoms in total. The van der Waals surface area contributed by atoms with Crippen LogP contribution < -0.4 is 0 Å². The zero-order chi connectivity index (χ0) is 14.9. The van der Waals surface area contributed by atoms with E-state index < -0.39 is 0 Å². The smallest absolute Gasteiger partial charge is 0.125 e. The average molecular weight is 359 g/mol. The Morgan fingerprint density at radius 3 is 2.60 bits per heavy atom. The SMILES string of the molecule is CC(C)C(CN(C)C)n1c(CCl)nc2cc(Br)ccc21. The molecule has 0 saturated heterocycles. The molecule has 1 heterocycles. The minimum Gasteiger partial charge on any atom is -0.322 e. The fourth-order valence-corrected chi connectivity index (χ4v) is 3.09. The van der Waals surface area contributed by atoms with Crippen LogP contribution in [0.5, 0.6) is 0 Å². The summed E-state index contributed by atoms with van der Waals surface area (Å²) in [5.74, 6) is 1.89. The summed E-state index contributed by atoms with van der Waals surface area (Å²) < 4.78 is 3.35. The third kappa shape index (κ3) is 3.18. The van der Waals surface area contributed by atoms with Gasteiger partial charge in [0.15, 0.2) is 0 Å². The van der Waals surface area contributed by atoms with Gasteiger partial charge in [-0.25, -0.2) is 4.98 Å². The highest BCUT2D eigenvalue weighted by Crippen LogP contribution is 2.29. The van der Waals surface area contributed by atoms with Crippen molar-refractivity contribution in [3.8, 4) is 0 Å². The summed E-state index contributed by atoms with van der Waals surface area (Å²) in [5, 5.41) is 0. The molecule has 0 amide bonds. The maximum absolute atomic E-state index is 6.12. The van der Waals surface area contributed by atoms with Gasteiger partial charge in [0.2, 0.25) is 0 Å². The summed E-state index contributed by atoms with van der Waals surface area (Å²) in [6, 6.07) is 6.60. The predicted molar refractivity (Wildman–Crippen MR) is 89.4 cm³/mol. The normalized spacial score (nSPS) is 13.6. The van der Waals surface area contributed by atoms with Crippen molar-refractivity contribution in [2.45, 2.75) is 25.8 Å². The molecular weight excluding hydrogens is 338 g/mol. The molecule has 0 fully saturated rings. The molecule has 0 aliphatic carbocycles. The Morgan fingerprint density at radius 2 is 2.05 bits per heavy atom. The van der Waals surface area contributed by atoms with E-state index in [1.807, 2.05) is 0 Å². The third-order valence-electron chi connectivity index (χ3n) is 3.50. The number of nitrogens with zero attached hydrogens (tertiary/aromatic N) is 3. The van der Waals surface area contributed by atoms with Crippen molar-refractivity contribution >= 4 is 38.6 Å². The molecule has 2 aromatic rings. The molecule has 0 aliphatic heterocycles. The highest BCUT2D eigenvalue weighted by Gasteiger charge is 2.22. The van der Waals surface area contributed by atoms with E-state index in [2.05, 4.69) is 76.5 Å². The lowest BCUT2D eigenvalue weighted by Crippen LogP contribution is -2.29. The van der Waals surface area contributed by atoms with Gasteiger partial charge in [-0.1, -0.05) is 29.8 Å². The highest BCUT2D eigenvalue weighted by atomic mass is 79.9. The van der Waals surface area contributed by atoms with E-state index in [-0.39, 0.29) is 0 Å². The van der Waals surface area contributed by atoms with Gasteiger partial charge in [0.05, 0.1) is 23.0 Å². The predicted octanol–water partition coefficient (Wildman–Crippen LogP) is 4.30. The summed E-state index contributed by atoms with van der Waals surface area (Å²) in [4.78, 5) is 6.90. The first-order valence-corrected chi connectivity index (χ1v) is 8.13. The monoisotopic (exact) mass is 357 g/mol. The van der Waals surface area contributed by atoms with Crippen LogP contribution in [0.2, 0.25) is 0 Å². The first-order valence-electron chi connectivity index (χ1n) is 6.81. The molecule has 0 N–H and O–H groups in total. The Hall–Kier alpha value is -0.580. The van der Waals surface area contributed by atoms with Crippen molar-refractivity contribution in [3.63, 3.8) is 0 Å². The molecule has 20 heavy (non-hydrogen) atoms. The lowest BCUT2D eigenvalue weighted by molar-refractivity contribution is 0.270. The summed E-state index contributed by atoms with van der Waals surface area (Å²) in [6.07, 6.45) is 0. The summed E-state index contributed by atoms with van der Waals surface area (Å²) in [5.41, 5.74) is 2.16. The topological polar surface area (TPSA) is 21.1 Å². The number of likely N-dealkylation sites (N-methyl/N-ethyl adjacent to an activating group) is 1. The van der Waals surface area contributed by atoms with E-state index in [0.29, 0.717) is 17.8 Å². The first-order chi connectivity index (χ1) is 9.43. The average Bonchev–Trinajstić information content (AvgIpc) is 2.72. The van der Waals surface area contributed by atoms with Crippen LogP contribution in [0.25, 0.3) is 11.0 Å². The molecule has 0 spiro atoms. The Bertz CT molecular complexity index is 592. The van der Waals surface area contributed by atoms with Gasteiger partial charge in [0, 0.05) is 11.0 Å². The quantitative estimate of drug-likeness (QED) is 0.743. The maximum Gasteiger partial charge on any atom is 0.125 e. The molecular formula is C15H21BrClN3. The van der Waals surface area contributed by atoms with E-state index in [9.17, 15) is 0 Å². The van der Waals surface area contributed by atoms with Crippen LogP contribution >= 0.6 is 27.5 Å². The third-order valence-corrected chi connectivity index (χ3v) is 4.23. The number of benzene rings is 1. The minimum absolute atomic E-state index is 0.366.